The molecule has 0 heterocycles. The number of amides is 1. The first kappa shape index (κ1) is 14.1. The molecule has 0 aliphatic carbocycles. The fourth-order valence-electron chi connectivity index (χ4n) is 1.25. The lowest BCUT2D eigenvalue weighted by molar-refractivity contribution is -0.136. The molecule has 0 aliphatic rings. The van der Waals surface area contributed by atoms with Crippen molar-refractivity contribution in [2.75, 3.05) is 31.7 Å². The minimum atomic E-state index is -4.51. The van der Waals surface area contributed by atoms with Gasteiger partial charge in [-0.25, -0.2) is 0 Å². The van der Waals surface area contributed by atoms with Crippen molar-refractivity contribution < 1.29 is 18.0 Å². The van der Waals surface area contributed by atoms with Crippen molar-refractivity contribution in [3.05, 3.63) is 23.8 Å². The number of nitrogen functional groups attached to an aromatic ring is 1. The second kappa shape index (κ2) is 5.16. The predicted octanol–water partition coefficient (Wildman–Crippen LogP) is 1.79. The van der Waals surface area contributed by atoms with E-state index < -0.39 is 11.7 Å². The van der Waals surface area contributed by atoms with Crippen LogP contribution in [-0.2, 0) is 11.0 Å². The molecule has 0 spiro atoms. The van der Waals surface area contributed by atoms with E-state index in [1.54, 1.807) is 14.1 Å². The van der Waals surface area contributed by atoms with Crippen molar-refractivity contribution in [2.24, 2.45) is 0 Å². The molecule has 100 valence electrons. The number of alkyl halides is 3. The normalized spacial score (nSPS) is 11.2. The Labute approximate surface area is 103 Å². The SMILES string of the molecule is CN(C)C(=O)CNc1ccc(N)c(C(F)(F)F)c1. The number of hydrogen-bond acceptors (Lipinski definition) is 3. The van der Waals surface area contributed by atoms with E-state index in [0.29, 0.717) is 0 Å². The van der Waals surface area contributed by atoms with Gasteiger partial charge >= 0.3 is 6.18 Å². The van der Waals surface area contributed by atoms with Crippen LogP contribution in [0.3, 0.4) is 0 Å². The molecule has 0 saturated heterocycles. The number of carbonyl (C=O) groups excluding carboxylic acids is 1. The summed E-state index contributed by atoms with van der Waals surface area (Å²) in [7, 11) is 3.13. The van der Waals surface area contributed by atoms with Gasteiger partial charge in [-0.1, -0.05) is 0 Å². The van der Waals surface area contributed by atoms with Crippen molar-refractivity contribution in [3.8, 4) is 0 Å². The smallest absolute Gasteiger partial charge is 0.398 e. The summed E-state index contributed by atoms with van der Waals surface area (Å²) in [6.45, 7) is -0.0752. The summed E-state index contributed by atoms with van der Waals surface area (Å²) >= 11 is 0. The third-order valence-corrected chi connectivity index (χ3v) is 2.30. The largest absolute Gasteiger partial charge is 0.418 e. The van der Waals surface area contributed by atoms with Crippen LogP contribution in [0.2, 0.25) is 0 Å². The average Bonchev–Trinajstić information content (AvgIpc) is 2.25. The molecule has 1 aromatic rings. The Kier molecular flexibility index (Phi) is 4.05. The second-order valence-corrected chi connectivity index (χ2v) is 3.94. The summed E-state index contributed by atoms with van der Waals surface area (Å²) in [6.07, 6.45) is -4.51. The van der Waals surface area contributed by atoms with Crippen molar-refractivity contribution in [1.82, 2.24) is 4.90 Å². The molecule has 3 N–H and O–H groups in total. The van der Waals surface area contributed by atoms with Crippen LogP contribution in [0, 0.1) is 0 Å². The molecule has 1 rings (SSSR count). The fourth-order valence-corrected chi connectivity index (χ4v) is 1.25. The van der Waals surface area contributed by atoms with Gasteiger partial charge in [0.1, 0.15) is 0 Å². The monoisotopic (exact) mass is 261 g/mol. The molecule has 0 radical (unpaired) electrons. The first-order chi connectivity index (χ1) is 8.21. The summed E-state index contributed by atoms with van der Waals surface area (Å²) < 4.78 is 37.7. The van der Waals surface area contributed by atoms with Crippen LogP contribution in [0.4, 0.5) is 24.5 Å². The predicted molar refractivity (Wildman–Crippen MR) is 63.0 cm³/mol. The molecule has 1 amide bonds. The Hall–Kier alpha value is -1.92. The van der Waals surface area contributed by atoms with Crippen molar-refractivity contribution in [1.29, 1.82) is 0 Å². The zero-order chi connectivity index (χ0) is 13.9. The maximum atomic E-state index is 12.6. The van der Waals surface area contributed by atoms with E-state index in [2.05, 4.69) is 5.32 Å². The van der Waals surface area contributed by atoms with E-state index in [0.717, 1.165) is 12.1 Å². The maximum Gasteiger partial charge on any atom is 0.418 e. The van der Waals surface area contributed by atoms with E-state index in [1.807, 2.05) is 0 Å². The molecule has 18 heavy (non-hydrogen) atoms. The minimum Gasteiger partial charge on any atom is -0.398 e. The molecule has 0 unspecified atom stereocenters. The van der Waals surface area contributed by atoms with Gasteiger partial charge in [0.2, 0.25) is 5.91 Å². The molecule has 0 bridgehead atoms. The van der Waals surface area contributed by atoms with Crippen LogP contribution in [0.5, 0.6) is 0 Å². The summed E-state index contributed by atoms with van der Waals surface area (Å²) in [5.41, 5.74) is 4.20. The number of halogens is 3. The van der Waals surface area contributed by atoms with Crippen LogP contribution in [0.25, 0.3) is 0 Å². The number of rotatable bonds is 3. The molecule has 0 saturated carbocycles. The van der Waals surface area contributed by atoms with E-state index in [-0.39, 0.29) is 23.8 Å². The maximum absolute atomic E-state index is 12.6. The highest BCUT2D eigenvalue weighted by Gasteiger charge is 2.33. The van der Waals surface area contributed by atoms with E-state index >= 15 is 0 Å². The number of carbonyl (C=O) groups is 1. The van der Waals surface area contributed by atoms with Gasteiger partial charge in [-0.15, -0.1) is 0 Å². The van der Waals surface area contributed by atoms with Crippen LogP contribution in [0.1, 0.15) is 5.56 Å². The highest BCUT2D eigenvalue weighted by Crippen LogP contribution is 2.34. The molecule has 4 nitrogen and oxygen atoms in total. The summed E-state index contributed by atoms with van der Waals surface area (Å²) in [5, 5.41) is 2.62. The van der Waals surface area contributed by atoms with Crippen molar-refractivity contribution >= 4 is 17.3 Å². The Bertz CT molecular complexity index is 444. The Morgan fingerprint density at radius 2 is 2.00 bits per heavy atom. The molecule has 7 heteroatoms. The zero-order valence-corrected chi connectivity index (χ0v) is 10.0. The minimum absolute atomic E-state index is 0.0752. The summed E-state index contributed by atoms with van der Waals surface area (Å²) in [6, 6.07) is 3.44. The first-order valence-corrected chi connectivity index (χ1v) is 5.12. The summed E-state index contributed by atoms with van der Waals surface area (Å²) in [4.78, 5) is 12.6. The van der Waals surface area contributed by atoms with Gasteiger partial charge in [-0.05, 0) is 18.2 Å². The van der Waals surface area contributed by atoms with Gasteiger partial charge in [0.15, 0.2) is 0 Å². The highest BCUT2D eigenvalue weighted by atomic mass is 19.4. The van der Waals surface area contributed by atoms with E-state index in [9.17, 15) is 18.0 Å². The number of nitrogens with zero attached hydrogens (tertiary/aromatic N) is 1. The number of likely N-dealkylation sites (N-methyl/N-ethyl adjacent to an activating group) is 1. The lowest BCUT2D eigenvalue weighted by Crippen LogP contribution is -2.28. The van der Waals surface area contributed by atoms with Crippen molar-refractivity contribution in [2.45, 2.75) is 6.18 Å². The van der Waals surface area contributed by atoms with E-state index in [1.165, 1.54) is 11.0 Å². The lowest BCUT2D eigenvalue weighted by atomic mass is 10.1. The number of benzene rings is 1. The van der Waals surface area contributed by atoms with Crippen molar-refractivity contribution in [3.63, 3.8) is 0 Å². The Morgan fingerprint density at radius 3 is 2.50 bits per heavy atom. The molecule has 0 atom stereocenters. The average molecular weight is 261 g/mol. The Morgan fingerprint density at radius 1 is 1.39 bits per heavy atom. The van der Waals surface area contributed by atoms with Gasteiger partial charge in [0.05, 0.1) is 12.1 Å². The highest BCUT2D eigenvalue weighted by molar-refractivity contribution is 5.80. The molecule has 1 aromatic carbocycles. The van der Waals surface area contributed by atoms with Gasteiger partial charge < -0.3 is 16.0 Å². The quantitative estimate of drug-likeness (QED) is 0.815. The van der Waals surface area contributed by atoms with Gasteiger partial charge in [0, 0.05) is 25.5 Å². The van der Waals surface area contributed by atoms with Gasteiger partial charge in [0.25, 0.3) is 0 Å². The topological polar surface area (TPSA) is 58.4 Å². The zero-order valence-electron chi connectivity index (χ0n) is 10.0. The summed E-state index contributed by atoms with van der Waals surface area (Å²) in [5.74, 6) is -0.236. The molecular weight excluding hydrogens is 247 g/mol. The number of anilines is 2. The number of nitrogens with one attached hydrogen (secondary N) is 1. The van der Waals surface area contributed by atoms with Crippen LogP contribution >= 0.6 is 0 Å². The molecular formula is C11H14F3N3O. The third-order valence-electron chi connectivity index (χ3n) is 2.30. The first-order valence-electron chi connectivity index (χ1n) is 5.12. The van der Waals surface area contributed by atoms with Crippen LogP contribution in [-0.4, -0.2) is 31.4 Å². The number of nitrogens with two attached hydrogens (primary N) is 1. The lowest BCUT2D eigenvalue weighted by Gasteiger charge is -2.14. The Balaban J connectivity index is 2.83. The second-order valence-electron chi connectivity index (χ2n) is 3.94. The third kappa shape index (κ3) is 3.54. The molecule has 0 aromatic heterocycles. The van der Waals surface area contributed by atoms with Crippen LogP contribution in [0.15, 0.2) is 18.2 Å². The van der Waals surface area contributed by atoms with Gasteiger partial charge in [-0.2, -0.15) is 13.2 Å². The number of hydrogen-bond donors (Lipinski definition) is 2. The molecule has 0 fully saturated rings. The van der Waals surface area contributed by atoms with E-state index in [4.69, 9.17) is 5.73 Å². The fraction of sp³-hybridized carbons (Fsp3) is 0.364. The van der Waals surface area contributed by atoms with Gasteiger partial charge in [-0.3, -0.25) is 4.79 Å². The molecule has 0 aliphatic heterocycles. The standard InChI is InChI=1S/C11H14F3N3O/c1-17(2)10(18)6-16-7-3-4-9(15)8(5-7)11(12,13)14/h3-5,16H,6,15H2,1-2H3. The van der Waals surface area contributed by atoms with Crippen LogP contribution < -0.4 is 11.1 Å².